The average Bonchev–Trinajstić information content (AvgIpc) is 3.22. The number of hydrogen-bond donors (Lipinski definition) is 0. The van der Waals surface area contributed by atoms with Crippen LogP contribution in [0.5, 0.6) is 5.75 Å². The van der Waals surface area contributed by atoms with Gasteiger partial charge in [-0.15, -0.1) is 11.3 Å². The highest BCUT2D eigenvalue weighted by atomic mass is 32.1. The van der Waals surface area contributed by atoms with Crippen LogP contribution in [0.3, 0.4) is 0 Å². The molecule has 0 aliphatic carbocycles. The minimum atomic E-state index is 0.111. The Balaban J connectivity index is 1.76. The molecule has 120 valence electrons. The molecular formula is C18H19NO3S. The number of benzene rings is 1. The zero-order chi connectivity index (χ0) is 16.2. The van der Waals surface area contributed by atoms with Crippen LogP contribution in [0.1, 0.15) is 17.4 Å². The molecule has 5 heteroatoms. The van der Waals surface area contributed by atoms with Crippen molar-refractivity contribution in [2.24, 2.45) is 0 Å². The molecule has 23 heavy (non-hydrogen) atoms. The number of ether oxygens (including phenoxy) is 1. The standard InChI is InChI=1S/C18H19NO3S/c1-3-19(11-15-5-4-8-23-15)18(20)9-13-12-22-17-10-14(21-2)6-7-16(13)17/h4-8,10,12H,3,9,11H2,1-2H3. The van der Waals surface area contributed by atoms with E-state index in [0.29, 0.717) is 19.5 Å². The van der Waals surface area contributed by atoms with Gasteiger partial charge in [-0.3, -0.25) is 4.79 Å². The Morgan fingerprint density at radius 2 is 2.22 bits per heavy atom. The molecule has 1 amide bonds. The first-order chi connectivity index (χ1) is 11.2. The van der Waals surface area contributed by atoms with Crippen LogP contribution < -0.4 is 4.74 Å². The summed E-state index contributed by atoms with van der Waals surface area (Å²) in [4.78, 5) is 15.7. The van der Waals surface area contributed by atoms with Crippen molar-refractivity contribution in [2.45, 2.75) is 19.9 Å². The van der Waals surface area contributed by atoms with E-state index in [1.165, 1.54) is 4.88 Å². The van der Waals surface area contributed by atoms with Gasteiger partial charge in [0.25, 0.3) is 0 Å². The number of carbonyl (C=O) groups excluding carboxylic acids is 1. The quantitative estimate of drug-likeness (QED) is 0.684. The molecule has 0 saturated heterocycles. The highest BCUT2D eigenvalue weighted by Gasteiger charge is 2.16. The average molecular weight is 329 g/mol. The van der Waals surface area contributed by atoms with Gasteiger partial charge in [-0.2, -0.15) is 0 Å². The topological polar surface area (TPSA) is 42.7 Å². The molecule has 0 atom stereocenters. The summed E-state index contributed by atoms with van der Waals surface area (Å²) < 4.78 is 10.8. The fourth-order valence-corrected chi connectivity index (χ4v) is 3.29. The van der Waals surface area contributed by atoms with E-state index in [1.54, 1.807) is 24.7 Å². The van der Waals surface area contributed by atoms with Crippen LogP contribution >= 0.6 is 11.3 Å². The molecule has 1 aromatic carbocycles. The highest BCUT2D eigenvalue weighted by Crippen LogP contribution is 2.26. The van der Waals surface area contributed by atoms with Gasteiger partial charge in [-0.1, -0.05) is 6.07 Å². The summed E-state index contributed by atoms with van der Waals surface area (Å²) in [6.45, 7) is 3.36. The maximum absolute atomic E-state index is 12.6. The molecule has 0 bridgehead atoms. The van der Waals surface area contributed by atoms with Crippen LogP contribution in [0.25, 0.3) is 11.0 Å². The van der Waals surface area contributed by atoms with Crippen LogP contribution in [0, 0.1) is 0 Å². The second-order valence-electron chi connectivity index (χ2n) is 5.29. The monoisotopic (exact) mass is 329 g/mol. The zero-order valence-electron chi connectivity index (χ0n) is 13.2. The summed E-state index contributed by atoms with van der Waals surface area (Å²) in [7, 11) is 1.62. The molecule has 0 N–H and O–H groups in total. The molecule has 0 fully saturated rings. The number of likely N-dealkylation sites (N-methyl/N-ethyl adjacent to an activating group) is 1. The van der Waals surface area contributed by atoms with Gasteiger partial charge in [0.15, 0.2) is 0 Å². The van der Waals surface area contributed by atoms with E-state index in [-0.39, 0.29) is 5.91 Å². The SMILES string of the molecule is CCN(Cc1cccs1)C(=O)Cc1coc2cc(OC)ccc12. The maximum Gasteiger partial charge on any atom is 0.227 e. The minimum absolute atomic E-state index is 0.111. The molecule has 2 aromatic heterocycles. The fraction of sp³-hybridized carbons (Fsp3) is 0.278. The lowest BCUT2D eigenvalue weighted by Crippen LogP contribution is -2.31. The third kappa shape index (κ3) is 3.40. The first kappa shape index (κ1) is 15.6. The summed E-state index contributed by atoms with van der Waals surface area (Å²) in [6, 6.07) is 9.73. The van der Waals surface area contributed by atoms with E-state index < -0.39 is 0 Å². The van der Waals surface area contributed by atoms with Gasteiger partial charge >= 0.3 is 0 Å². The molecule has 0 aliphatic rings. The number of fused-ring (bicyclic) bond motifs is 1. The fourth-order valence-electron chi connectivity index (χ4n) is 2.57. The van der Waals surface area contributed by atoms with Crippen molar-refractivity contribution in [1.82, 2.24) is 4.90 Å². The van der Waals surface area contributed by atoms with E-state index in [0.717, 1.165) is 22.3 Å². The molecule has 0 spiro atoms. The van der Waals surface area contributed by atoms with Gasteiger partial charge in [-0.25, -0.2) is 0 Å². The lowest BCUT2D eigenvalue weighted by Gasteiger charge is -2.19. The number of methoxy groups -OCH3 is 1. The smallest absolute Gasteiger partial charge is 0.227 e. The van der Waals surface area contributed by atoms with Crippen LogP contribution in [0.15, 0.2) is 46.4 Å². The van der Waals surface area contributed by atoms with Crippen molar-refractivity contribution in [3.63, 3.8) is 0 Å². The Kier molecular flexibility index (Phi) is 4.67. The van der Waals surface area contributed by atoms with Gasteiger partial charge in [0.1, 0.15) is 11.3 Å². The number of amides is 1. The van der Waals surface area contributed by atoms with Crippen molar-refractivity contribution < 1.29 is 13.9 Å². The number of nitrogens with zero attached hydrogens (tertiary/aromatic N) is 1. The number of thiophene rings is 1. The third-order valence-corrected chi connectivity index (χ3v) is 4.73. The van der Waals surface area contributed by atoms with Crippen molar-refractivity contribution in [1.29, 1.82) is 0 Å². The maximum atomic E-state index is 12.6. The summed E-state index contributed by atoms with van der Waals surface area (Å²) in [5, 5.41) is 3.00. The van der Waals surface area contributed by atoms with Crippen molar-refractivity contribution in [2.75, 3.05) is 13.7 Å². The second-order valence-corrected chi connectivity index (χ2v) is 6.32. The molecule has 0 aliphatic heterocycles. The Morgan fingerprint density at radius 1 is 1.35 bits per heavy atom. The summed E-state index contributed by atoms with van der Waals surface area (Å²) in [5.74, 6) is 0.858. The summed E-state index contributed by atoms with van der Waals surface area (Å²) in [6.07, 6.45) is 2.01. The molecule has 3 rings (SSSR count). The number of rotatable bonds is 6. The molecular weight excluding hydrogens is 310 g/mol. The van der Waals surface area contributed by atoms with E-state index in [2.05, 4.69) is 6.07 Å². The third-order valence-electron chi connectivity index (χ3n) is 3.87. The van der Waals surface area contributed by atoms with E-state index in [4.69, 9.17) is 9.15 Å². The van der Waals surface area contributed by atoms with Crippen LogP contribution in [0.4, 0.5) is 0 Å². The first-order valence-electron chi connectivity index (χ1n) is 7.55. The first-order valence-corrected chi connectivity index (χ1v) is 8.43. The van der Waals surface area contributed by atoms with Gasteiger partial charge in [0, 0.05) is 28.4 Å². The largest absolute Gasteiger partial charge is 0.497 e. The van der Waals surface area contributed by atoms with Crippen LogP contribution in [-0.2, 0) is 17.8 Å². The second kappa shape index (κ2) is 6.87. The molecule has 4 nitrogen and oxygen atoms in total. The lowest BCUT2D eigenvalue weighted by atomic mass is 10.1. The number of furan rings is 1. The van der Waals surface area contributed by atoms with Crippen molar-refractivity contribution >= 4 is 28.2 Å². The Morgan fingerprint density at radius 3 is 2.91 bits per heavy atom. The predicted molar refractivity (Wildman–Crippen MR) is 91.9 cm³/mol. The van der Waals surface area contributed by atoms with Crippen molar-refractivity contribution in [3.05, 3.63) is 52.4 Å². The van der Waals surface area contributed by atoms with Gasteiger partial charge in [0.05, 0.1) is 26.3 Å². The highest BCUT2D eigenvalue weighted by molar-refractivity contribution is 7.09. The van der Waals surface area contributed by atoms with E-state index in [9.17, 15) is 4.79 Å². The lowest BCUT2D eigenvalue weighted by molar-refractivity contribution is -0.130. The Labute approximate surface area is 139 Å². The summed E-state index contributed by atoms with van der Waals surface area (Å²) >= 11 is 1.67. The van der Waals surface area contributed by atoms with Crippen LogP contribution in [0.2, 0.25) is 0 Å². The van der Waals surface area contributed by atoms with Gasteiger partial charge < -0.3 is 14.1 Å². The molecule has 0 radical (unpaired) electrons. The number of carbonyl (C=O) groups is 1. The van der Waals surface area contributed by atoms with E-state index in [1.807, 2.05) is 41.5 Å². The molecule has 0 unspecified atom stereocenters. The molecule has 3 aromatic rings. The zero-order valence-corrected chi connectivity index (χ0v) is 14.1. The summed E-state index contributed by atoms with van der Waals surface area (Å²) in [5.41, 5.74) is 1.66. The van der Waals surface area contributed by atoms with Crippen LogP contribution in [-0.4, -0.2) is 24.5 Å². The van der Waals surface area contributed by atoms with Crippen molar-refractivity contribution in [3.8, 4) is 5.75 Å². The molecule has 2 heterocycles. The predicted octanol–water partition coefficient (Wildman–Crippen LogP) is 4.09. The Hall–Kier alpha value is -2.27. The van der Waals surface area contributed by atoms with Gasteiger partial charge in [-0.05, 0) is 30.5 Å². The molecule has 0 saturated carbocycles. The van der Waals surface area contributed by atoms with Gasteiger partial charge in [0.2, 0.25) is 5.91 Å². The number of hydrogen-bond acceptors (Lipinski definition) is 4. The Bertz CT molecular complexity index is 792. The minimum Gasteiger partial charge on any atom is -0.497 e. The van der Waals surface area contributed by atoms with E-state index >= 15 is 0 Å². The normalized spacial score (nSPS) is 10.9.